The molecule has 1 saturated heterocycles. The number of amides is 3. The summed E-state index contributed by atoms with van der Waals surface area (Å²) in [7, 11) is 0. The molecule has 176 valence electrons. The van der Waals surface area contributed by atoms with Crippen molar-refractivity contribution in [1.82, 2.24) is 20.2 Å². The molecule has 3 N–H and O–H groups in total. The fourth-order valence-electron chi connectivity index (χ4n) is 5.43. The van der Waals surface area contributed by atoms with Gasteiger partial charge in [-0.15, -0.1) is 11.3 Å². The van der Waals surface area contributed by atoms with Crippen molar-refractivity contribution in [1.29, 1.82) is 0 Å². The van der Waals surface area contributed by atoms with Gasteiger partial charge in [0.25, 0.3) is 5.91 Å². The quantitative estimate of drug-likeness (QED) is 0.398. The third kappa shape index (κ3) is 3.84. The van der Waals surface area contributed by atoms with E-state index in [-0.39, 0.29) is 18.4 Å². The van der Waals surface area contributed by atoms with Crippen LogP contribution in [0.25, 0.3) is 10.2 Å². The zero-order valence-electron chi connectivity index (χ0n) is 18.8. The molecule has 2 unspecified atom stereocenters. The van der Waals surface area contributed by atoms with Crippen molar-refractivity contribution in [2.24, 2.45) is 5.92 Å². The van der Waals surface area contributed by atoms with E-state index in [1.54, 1.807) is 11.3 Å². The van der Waals surface area contributed by atoms with Crippen LogP contribution in [-0.4, -0.2) is 44.9 Å². The minimum Gasteiger partial charge on any atom is -0.456 e. The fraction of sp³-hybridized carbons (Fsp3) is 0.609. The number of anilines is 1. The zero-order chi connectivity index (χ0) is 23.2. The molecular weight excluding hydrogens is 442 g/mol. The second kappa shape index (κ2) is 8.55. The molecule has 10 heteroatoms. The number of aromatic nitrogens is 2. The third-order valence-corrected chi connectivity index (χ3v) is 8.48. The number of urea groups is 1. The largest absolute Gasteiger partial charge is 0.456 e. The number of aryl methyl sites for hydroxylation is 2. The van der Waals surface area contributed by atoms with Gasteiger partial charge in [0.15, 0.2) is 12.4 Å². The summed E-state index contributed by atoms with van der Waals surface area (Å²) in [5.74, 6) is -0.248. The lowest BCUT2D eigenvalue weighted by molar-refractivity contribution is -0.149. The van der Waals surface area contributed by atoms with E-state index in [1.807, 2.05) is 6.92 Å². The number of nitrogens with one attached hydrogen (secondary N) is 1. The molecular formula is C23H29N5O4S. The molecule has 0 bridgehead atoms. The summed E-state index contributed by atoms with van der Waals surface area (Å²) >= 11 is 1.64. The van der Waals surface area contributed by atoms with Crippen LogP contribution in [0.3, 0.4) is 0 Å². The third-order valence-electron chi connectivity index (χ3n) is 7.29. The van der Waals surface area contributed by atoms with E-state index in [2.05, 4.69) is 15.3 Å². The molecule has 3 heterocycles. The van der Waals surface area contributed by atoms with Gasteiger partial charge in [-0.3, -0.25) is 14.5 Å². The van der Waals surface area contributed by atoms with Crippen LogP contribution in [0, 0.1) is 5.92 Å². The highest BCUT2D eigenvalue weighted by atomic mass is 32.1. The normalized spacial score (nSPS) is 25.2. The van der Waals surface area contributed by atoms with Crippen LogP contribution in [0.5, 0.6) is 0 Å². The second-order valence-electron chi connectivity index (χ2n) is 9.37. The van der Waals surface area contributed by atoms with Crippen LogP contribution in [0.4, 0.5) is 10.6 Å². The van der Waals surface area contributed by atoms with Crippen LogP contribution >= 0.6 is 11.3 Å². The fourth-order valence-corrected chi connectivity index (χ4v) is 6.72. The second-order valence-corrected chi connectivity index (χ2v) is 10.5. The number of esters is 1. The lowest BCUT2D eigenvalue weighted by atomic mass is 9.73. The lowest BCUT2D eigenvalue weighted by Gasteiger charge is -2.36. The highest BCUT2D eigenvalue weighted by molar-refractivity contribution is 7.19. The summed E-state index contributed by atoms with van der Waals surface area (Å²) in [6.45, 7) is 1.39. The molecule has 2 aromatic rings. The Labute approximate surface area is 196 Å². The molecule has 2 aromatic heterocycles. The number of hydrogen-bond acceptors (Lipinski definition) is 8. The number of rotatable bonds is 4. The minimum atomic E-state index is -0.893. The van der Waals surface area contributed by atoms with Gasteiger partial charge in [-0.05, 0) is 50.0 Å². The molecule has 1 spiro atoms. The topological polar surface area (TPSA) is 128 Å². The Morgan fingerprint density at radius 2 is 2.03 bits per heavy atom. The number of carbonyl (C=O) groups is 3. The molecule has 2 fully saturated rings. The summed E-state index contributed by atoms with van der Waals surface area (Å²) in [5.41, 5.74) is 6.62. The summed E-state index contributed by atoms with van der Waals surface area (Å²) in [4.78, 5) is 50.0. The van der Waals surface area contributed by atoms with Crippen LogP contribution in [-0.2, 0) is 33.8 Å². The van der Waals surface area contributed by atoms with E-state index >= 15 is 0 Å². The number of carbonyl (C=O) groups excluding carboxylic acids is 3. The van der Waals surface area contributed by atoms with Gasteiger partial charge in [0.2, 0.25) is 0 Å². The molecule has 9 nitrogen and oxygen atoms in total. The number of ether oxygens (including phenoxy) is 1. The van der Waals surface area contributed by atoms with Crippen LogP contribution in [0.1, 0.15) is 68.1 Å². The molecule has 1 saturated carbocycles. The van der Waals surface area contributed by atoms with E-state index < -0.39 is 24.1 Å². The number of nitrogens with two attached hydrogens (primary N) is 1. The molecule has 0 radical (unpaired) electrons. The van der Waals surface area contributed by atoms with E-state index in [1.165, 1.54) is 23.3 Å². The smallest absolute Gasteiger partial charge is 0.326 e. The first-order valence-electron chi connectivity index (χ1n) is 11.8. The predicted octanol–water partition coefficient (Wildman–Crippen LogP) is 3.09. The van der Waals surface area contributed by atoms with Crippen molar-refractivity contribution >= 4 is 45.3 Å². The van der Waals surface area contributed by atoms with Crippen molar-refractivity contribution in [3.63, 3.8) is 0 Å². The maximum absolute atomic E-state index is 13.0. The highest BCUT2D eigenvalue weighted by Crippen LogP contribution is 2.39. The van der Waals surface area contributed by atoms with E-state index in [0.717, 1.165) is 53.6 Å². The predicted molar refractivity (Wildman–Crippen MR) is 123 cm³/mol. The Morgan fingerprint density at radius 1 is 1.21 bits per heavy atom. The average molecular weight is 472 g/mol. The number of nitrogens with zero attached hydrogens (tertiary/aromatic N) is 3. The van der Waals surface area contributed by atoms with Gasteiger partial charge < -0.3 is 15.8 Å². The van der Waals surface area contributed by atoms with Gasteiger partial charge in [0, 0.05) is 4.88 Å². The first-order chi connectivity index (χ1) is 15.9. The van der Waals surface area contributed by atoms with Crippen molar-refractivity contribution in [2.75, 3.05) is 12.3 Å². The standard InChI is InChI=1S/C23H29N5O4S/c1-13-7-5-6-10-23(13)21(30)28(22(31)27-23)11-17(29)32-12-16-25-19(24)18-14-8-3-2-4-9-15(14)33-20(18)26-16/h13H,2-12H2,1H3,(H,27,31)(H2,24,25,26). The van der Waals surface area contributed by atoms with Crippen LogP contribution in [0.15, 0.2) is 0 Å². The number of thiophene rings is 1. The summed E-state index contributed by atoms with van der Waals surface area (Å²) in [6.07, 6.45) is 8.93. The molecule has 3 aliphatic rings. The van der Waals surface area contributed by atoms with Gasteiger partial charge in [0.05, 0.1) is 5.39 Å². The van der Waals surface area contributed by atoms with Crippen molar-refractivity contribution < 1.29 is 19.1 Å². The minimum absolute atomic E-state index is 0.0349. The Hall–Kier alpha value is -2.75. The first kappa shape index (κ1) is 22.1. The molecule has 1 aliphatic heterocycles. The van der Waals surface area contributed by atoms with Gasteiger partial charge in [-0.25, -0.2) is 14.8 Å². The lowest BCUT2D eigenvalue weighted by Crippen LogP contribution is -2.54. The maximum Gasteiger partial charge on any atom is 0.326 e. The molecule has 2 aliphatic carbocycles. The van der Waals surface area contributed by atoms with Gasteiger partial charge in [-0.1, -0.05) is 26.2 Å². The van der Waals surface area contributed by atoms with Crippen molar-refractivity contribution in [3.8, 4) is 0 Å². The average Bonchev–Trinajstić information content (AvgIpc) is 3.13. The molecule has 2 atom stereocenters. The Morgan fingerprint density at radius 3 is 2.85 bits per heavy atom. The van der Waals surface area contributed by atoms with E-state index in [4.69, 9.17) is 10.5 Å². The Kier molecular flexibility index (Phi) is 5.72. The molecule has 5 rings (SSSR count). The molecule has 33 heavy (non-hydrogen) atoms. The van der Waals surface area contributed by atoms with Gasteiger partial charge in [-0.2, -0.15) is 0 Å². The van der Waals surface area contributed by atoms with E-state index in [0.29, 0.717) is 18.1 Å². The first-order valence-corrected chi connectivity index (χ1v) is 12.6. The zero-order valence-corrected chi connectivity index (χ0v) is 19.6. The van der Waals surface area contributed by atoms with Crippen molar-refractivity contribution in [2.45, 2.75) is 76.9 Å². The van der Waals surface area contributed by atoms with Gasteiger partial charge in [0.1, 0.15) is 22.7 Å². The Balaban J connectivity index is 1.26. The van der Waals surface area contributed by atoms with Gasteiger partial charge >= 0.3 is 12.0 Å². The monoisotopic (exact) mass is 471 g/mol. The summed E-state index contributed by atoms with van der Waals surface area (Å²) in [6, 6.07) is -0.535. The maximum atomic E-state index is 13.0. The van der Waals surface area contributed by atoms with Crippen LogP contribution < -0.4 is 11.1 Å². The number of hydrogen-bond donors (Lipinski definition) is 2. The summed E-state index contributed by atoms with van der Waals surface area (Å²) in [5, 5.41) is 3.77. The molecule has 0 aromatic carbocycles. The van der Waals surface area contributed by atoms with E-state index in [9.17, 15) is 14.4 Å². The van der Waals surface area contributed by atoms with Crippen LogP contribution in [0.2, 0.25) is 0 Å². The number of fused-ring (bicyclic) bond motifs is 3. The summed E-state index contributed by atoms with van der Waals surface area (Å²) < 4.78 is 5.33. The number of nitrogen functional groups attached to an aromatic ring is 1. The SMILES string of the molecule is CC1CCCCC12NC(=O)N(CC(=O)OCc1nc(N)c3c4c(sc3n1)CCCCC4)C2=O. The van der Waals surface area contributed by atoms with Crippen molar-refractivity contribution in [3.05, 3.63) is 16.3 Å². The Bertz CT molecular complexity index is 1130. The molecule has 3 amide bonds. The number of imide groups is 1. The highest BCUT2D eigenvalue weighted by Gasteiger charge is 2.55.